The number of benzene rings is 2. The van der Waals surface area contributed by atoms with Gasteiger partial charge in [-0.1, -0.05) is 43.7 Å². The van der Waals surface area contributed by atoms with E-state index in [1.807, 2.05) is 36.9 Å². The molecule has 1 atom stereocenters. The zero-order valence-corrected chi connectivity index (χ0v) is 17.2. The van der Waals surface area contributed by atoms with Crippen LogP contribution in [0.2, 0.25) is 0 Å². The minimum absolute atomic E-state index is 0.0678. The number of ether oxygens (including phenoxy) is 2. The van der Waals surface area contributed by atoms with E-state index in [2.05, 4.69) is 31.2 Å². The predicted octanol–water partition coefficient (Wildman–Crippen LogP) is 4.95. The first-order valence-electron chi connectivity index (χ1n) is 10.4. The minimum Gasteiger partial charge on any atom is -0.490 e. The Labute approximate surface area is 168 Å². The van der Waals surface area contributed by atoms with Crippen molar-refractivity contribution in [2.45, 2.75) is 52.5 Å². The maximum Gasteiger partial charge on any atom is 0.230 e. The normalized spacial score (nSPS) is 14.3. The van der Waals surface area contributed by atoms with Crippen LogP contribution < -0.4 is 9.47 Å². The van der Waals surface area contributed by atoms with Crippen LogP contribution in [0.25, 0.3) is 0 Å². The summed E-state index contributed by atoms with van der Waals surface area (Å²) in [5, 5.41) is 0. The number of carbonyl (C=O) groups is 1. The van der Waals surface area contributed by atoms with Crippen LogP contribution >= 0.6 is 0 Å². The summed E-state index contributed by atoms with van der Waals surface area (Å²) in [4.78, 5) is 15.4. The summed E-state index contributed by atoms with van der Waals surface area (Å²) in [7, 11) is 0. The Morgan fingerprint density at radius 1 is 1.00 bits per heavy atom. The number of amides is 1. The molecule has 0 radical (unpaired) electrons. The number of rotatable bonds is 8. The average molecular weight is 382 g/mol. The van der Waals surface area contributed by atoms with E-state index < -0.39 is 0 Å². The molecular weight excluding hydrogens is 350 g/mol. The fourth-order valence-electron chi connectivity index (χ4n) is 3.92. The lowest BCUT2D eigenvalue weighted by atomic mass is 9.91. The Balaban J connectivity index is 1.83. The Bertz CT molecular complexity index is 788. The maximum atomic E-state index is 13.3. The van der Waals surface area contributed by atoms with Crippen molar-refractivity contribution in [2.75, 3.05) is 19.8 Å². The topological polar surface area (TPSA) is 38.8 Å². The van der Waals surface area contributed by atoms with Gasteiger partial charge in [0.15, 0.2) is 11.5 Å². The molecule has 0 N–H and O–H groups in total. The second-order valence-electron chi connectivity index (χ2n) is 7.20. The Morgan fingerprint density at radius 3 is 2.25 bits per heavy atom. The van der Waals surface area contributed by atoms with Gasteiger partial charge in [0.2, 0.25) is 5.91 Å². The third kappa shape index (κ3) is 4.49. The molecule has 1 aliphatic heterocycles. The van der Waals surface area contributed by atoms with Gasteiger partial charge in [0, 0.05) is 13.1 Å². The van der Waals surface area contributed by atoms with Gasteiger partial charge in [0.05, 0.1) is 19.1 Å². The van der Waals surface area contributed by atoms with Crippen molar-refractivity contribution in [2.24, 2.45) is 0 Å². The van der Waals surface area contributed by atoms with Crippen molar-refractivity contribution < 1.29 is 14.3 Å². The fourth-order valence-corrected chi connectivity index (χ4v) is 3.92. The van der Waals surface area contributed by atoms with E-state index in [1.54, 1.807) is 0 Å². The van der Waals surface area contributed by atoms with E-state index in [-0.39, 0.29) is 11.8 Å². The molecule has 1 unspecified atom stereocenters. The zero-order valence-electron chi connectivity index (χ0n) is 17.2. The third-order valence-corrected chi connectivity index (χ3v) is 5.27. The highest BCUT2D eigenvalue weighted by atomic mass is 16.5. The molecule has 150 valence electrons. The van der Waals surface area contributed by atoms with Crippen molar-refractivity contribution in [3.63, 3.8) is 0 Å². The van der Waals surface area contributed by atoms with Gasteiger partial charge < -0.3 is 14.4 Å². The number of carbonyl (C=O) groups excluding carboxylic acids is 1. The van der Waals surface area contributed by atoms with Crippen LogP contribution in [-0.4, -0.2) is 30.6 Å². The van der Waals surface area contributed by atoms with Crippen LogP contribution in [-0.2, 0) is 17.8 Å². The highest BCUT2D eigenvalue weighted by molar-refractivity contribution is 5.84. The monoisotopic (exact) mass is 381 g/mol. The van der Waals surface area contributed by atoms with Gasteiger partial charge >= 0.3 is 0 Å². The van der Waals surface area contributed by atoms with Crippen molar-refractivity contribution >= 4 is 5.91 Å². The summed E-state index contributed by atoms with van der Waals surface area (Å²) in [5.41, 5.74) is 3.53. The molecule has 0 fully saturated rings. The molecule has 3 rings (SSSR count). The lowest BCUT2D eigenvalue weighted by Gasteiger charge is -2.32. The average Bonchev–Trinajstić information content (AvgIpc) is 2.72. The second-order valence-corrected chi connectivity index (χ2v) is 7.20. The quantitative estimate of drug-likeness (QED) is 0.649. The van der Waals surface area contributed by atoms with E-state index in [0.717, 1.165) is 48.4 Å². The molecule has 0 aliphatic carbocycles. The SMILES string of the molecule is CCCC(C(=O)N1CCc2cc(OCC)c(OCC)cc2C1)c1ccccc1. The van der Waals surface area contributed by atoms with Crippen LogP contribution in [0.4, 0.5) is 0 Å². The van der Waals surface area contributed by atoms with Gasteiger partial charge in [-0.15, -0.1) is 0 Å². The molecule has 0 spiro atoms. The smallest absolute Gasteiger partial charge is 0.230 e. The molecule has 0 aromatic heterocycles. The number of fused-ring (bicyclic) bond motifs is 1. The first kappa shape index (κ1) is 20.2. The molecule has 0 saturated heterocycles. The van der Waals surface area contributed by atoms with Crippen molar-refractivity contribution in [1.82, 2.24) is 4.90 Å². The summed E-state index contributed by atoms with van der Waals surface area (Å²) in [6.45, 7) is 8.67. The Hall–Kier alpha value is -2.49. The van der Waals surface area contributed by atoms with E-state index in [4.69, 9.17) is 9.47 Å². The summed E-state index contributed by atoms with van der Waals surface area (Å²) < 4.78 is 11.5. The highest BCUT2D eigenvalue weighted by Crippen LogP contribution is 2.35. The van der Waals surface area contributed by atoms with Crippen molar-refractivity contribution in [3.05, 3.63) is 59.2 Å². The maximum absolute atomic E-state index is 13.3. The van der Waals surface area contributed by atoms with Gasteiger partial charge in [0.25, 0.3) is 0 Å². The minimum atomic E-state index is -0.0678. The first-order chi connectivity index (χ1) is 13.7. The van der Waals surface area contributed by atoms with Crippen LogP contribution in [0, 0.1) is 0 Å². The second kappa shape index (κ2) is 9.63. The lowest BCUT2D eigenvalue weighted by molar-refractivity contribution is -0.134. The molecule has 1 aliphatic rings. The lowest BCUT2D eigenvalue weighted by Crippen LogP contribution is -2.39. The standard InChI is InChI=1S/C24H31NO3/c1-4-10-21(18-11-8-7-9-12-18)24(26)25-14-13-19-15-22(27-5-2)23(28-6-3)16-20(19)17-25/h7-9,11-12,15-16,21H,4-6,10,13-14,17H2,1-3H3. The molecule has 0 saturated carbocycles. The zero-order chi connectivity index (χ0) is 19.9. The van der Waals surface area contributed by atoms with Crippen molar-refractivity contribution in [3.8, 4) is 11.5 Å². The van der Waals surface area contributed by atoms with Gasteiger partial charge in [-0.25, -0.2) is 0 Å². The number of hydrogen-bond donors (Lipinski definition) is 0. The van der Waals surface area contributed by atoms with E-state index >= 15 is 0 Å². The van der Waals surface area contributed by atoms with Gasteiger partial charge in [-0.05, 0) is 55.5 Å². The van der Waals surface area contributed by atoms with Gasteiger partial charge in [-0.3, -0.25) is 4.79 Å². The summed E-state index contributed by atoms with van der Waals surface area (Å²) in [5.74, 6) is 1.73. The summed E-state index contributed by atoms with van der Waals surface area (Å²) in [6.07, 6.45) is 2.71. The molecule has 0 bridgehead atoms. The summed E-state index contributed by atoms with van der Waals surface area (Å²) in [6, 6.07) is 14.3. The molecule has 1 heterocycles. The van der Waals surface area contributed by atoms with Crippen molar-refractivity contribution in [1.29, 1.82) is 0 Å². The Kier molecular flexibility index (Phi) is 6.96. The number of nitrogens with zero attached hydrogens (tertiary/aromatic N) is 1. The van der Waals surface area contributed by atoms with Gasteiger partial charge in [-0.2, -0.15) is 0 Å². The van der Waals surface area contributed by atoms with E-state index in [0.29, 0.717) is 19.8 Å². The molecule has 28 heavy (non-hydrogen) atoms. The van der Waals surface area contributed by atoms with Crippen LogP contribution in [0.1, 0.15) is 56.2 Å². The van der Waals surface area contributed by atoms with Gasteiger partial charge in [0.1, 0.15) is 0 Å². The molecule has 1 amide bonds. The predicted molar refractivity (Wildman–Crippen MR) is 112 cm³/mol. The van der Waals surface area contributed by atoms with E-state index in [9.17, 15) is 4.79 Å². The first-order valence-corrected chi connectivity index (χ1v) is 10.4. The third-order valence-electron chi connectivity index (χ3n) is 5.27. The Morgan fingerprint density at radius 2 is 1.64 bits per heavy atom. The van der Waals surface area contributed by atoms with E-state index in [1.165, 1.54) is 5.56 Å². The van der Waals surface area contributed by atoms with Crippen LogP contribution in [0.15, 0.2) is 42.5 Å². The van der Waals surface area contributed by atoms with Crippen LogP contribution in [0.3, 0.4) is 0 Å². The summed E-state index contributed by atoms with van der Waals surface area (Å²) >= 11 is 0. The molecule has 4 heteroatoms. The largest absolute Gasteiger partial charge is 0.490 e. The molecule has 4 nitrogen and oxygen atoms in total. The fraction of sp³-hybridized carbons (Fsp3) is 0.458. The molecular formula is C24H31NO3. The highest BCUT2D eigenvalue weighted by Gasteiger charge is 2.28. The van der Waals surface area contributed by atoms with Crippen LogP contribution in [0.5, 0.6) is 11.5 Å². The molecule has 2 aromatic carbocycles. The molecule has 2 aromatic rings. The number of hydrogen-bond acceptors (Lipinski definition) is 3.